The summed E-state index contributed by atoms with van der Waals surface area (Å²) in [6.45, 7) is 5.44. The van der Waals surface area contributed by atoms with Crippen LogP contribution >= 0.6 is 0 Å². The van der Waals surface area contributed by atoms with Crippen LogP contribution < -0.4 is 27.4 Å². The van der Waals surface area contributed by atoms with Gasteiger partial charge in [-0.1, -0.05) is 32.4 Å². The molecule has 0 aliphatic heterocycles. The normalized spacial score (nSPS) is 15.2. The van der Waals surface area contributed by atoms with Gasteiger partial charge in [0.15, 0.2) is 0 Å². The lowest BCUT2D eigenvalue weighted by Gasteiger charge is -2.26. The maximum absolute atomic E-state index is 13.1. The summed E-state index contributed by atoms with van der Waals surface area (Å²) in [6.07, 6.45) is 2.07. The zero-order chi connectivity index (χ0) is 26.5. The molecule has 35 heavy (non-hydrogen) atoms. The van der Waals surface area contributed by atoms with Gasteiger partial charge in [-0.2, -0.15) is 0 Å². The van der Waals surface area contributed by atoms with Crippen molar-refractivity contribution >= 4 is 23.7 Å². The summed E-state index contributed by atoms with van der Waals surface area (Å²) in [5.41, 5.74) is 11.8. The van der Waals surface area contributed by atoms with Crippen molar-refractivity contribution in [3.8, 4) is 5.75 Å². The van der Waals surface area contributed by atoms with Crippen LogP contribution in [0, 0.1) is 5.92 Å². The minimum Gasteiger partial charge on any atom is -0.508 e. The van der Waals surface area contributed by atoms with Crippen molar-refractivity contribution in [2.75, 3.05) is 6.54 Å². The van der Waals surface area contributed by atoms with Crippen LogP contribution in [0.5, 0.6) is 5.75 Å². The van der Waals surface area contributed by atoms with Crippen molar-refractivity contribution in [1.82, 2.24) is 16.0 Å². The van der Waals surface area contributed by atoms with Gasteiger partial charge in [-0.05, 0) is 56.3 Å². The second kappa shape index (κ2) is 14.9. The highest BCUT2D eigenvalue weighted by atomic mass is 16.4. The third-order valence-electron chi connectivity index (χ3n) is 5.78. The number of carboxylic acid groups (broad SMARTS) is 1. The number of phenols is 1. The minimum atomic E-state index is -1.17. The molecule has 0 bridgehead atoms. The molecule has 0 spiro atoms. The molecular formula is C24H39N5O6. The minimum absolute atomic E-state index is 0.0417. The largest absolute Gasteiger partial charge is 0.508 e. The molecule has 11 heteroatoms. The Balaban J connectivity index is 3.15. The Morgan fingerprint density at radius 2 is 1.49 bits per heavy atom. The number of aromatic hydroxyl groups is 1. The SMILES string of the molecule is CCC(C)C(NC(=O)C(Cc1ccc(O)cc1)NC(=O)C(CCCCN)NC(=O)C(C)N)C(=O)O. The molecule has 0 heterocycles. The van der Waals surface area contributed by atoms with E-state index in [0.29, 0.717) is 37.8 Å². The molecular weight excluding hydrogens is 454 g/mol. The van der Waals surface area contributed by atoms with Crippen LogP contribution in [0.25, 0.3) is 0 Å². The molecule has 0 fully saturated rings. The van der Waals surface area contributed by atoms with Crippen LogP contribution in [0.2, 0.25) is 0 Å². The lowest BCUT2D eigenvalue weighted by Crippen LogP contribution is -2.58. The quantitative estimate of drug-likeness (QED) is 0.166. The van der Waals surface area contributed by atoms with E-state index in [1.54, 1.807) is 19.1 Å². The number of rotatable bonds is 15. The second-order valence-corrected chi connectivity index (χ2v) is 8.78. The molecule has 1 aromatic carbocycles. The highest BCUT2D eigenvalue weighted by Crippen LogP contribution is 2.13. The van der Waals surface area contributed by atoms with E-state index >= 15 is 0 Å². The Kier molecular flexibility index (Phi) is 12.7. The van der Waals surface area contributed by atoms with Crippen molar-refractivity contribution in [2.45, 2.75) is 77.0 Å². The number of unbranched alkanes of at least 4 members (excludes halogenated alkanes) is 1. The van der Waals surface area contributed by atoms with Gasteiger partial charge in [0.05, 0.1) is 6.04 Å². The molecule has 196 valence electrons. The second-order valence-electron chi connectivity index (χ2n) is 8.78. The fourth-order valence-electron chi connectivity index (χ4n) is 3.35. The van der Waals surface area contributed by atoms with Crippen molar-refractivity contribution < 1.29 is 29.4 Å². The number of phenolic OH excluding ortho intramolecular Hbond substituents is 1. The Morgan fingerprint density at radius 3 is 2.00 bits per heavy atom. The van der Waals surface area contributed by atoms with E-state index in [4.69, 9.17) is 11.5 Å². The monoisotopic (exact) mass is 493 g/mol. The van der Waals surface area contributed by atoms with E-state index in [9.17, 15) is 29.4 Å². The molecule has 0 radical (unpaired) electrons. The topological polar surface area (TPSA) is 197 Å². The van der Waals surface area contributed by atoms with E-state index in [0.717, 1.165) is 0 Å². The number of hydrogen-bond donors (Lipinski definition) is 7. The van der Waals surface area contributed by atoms with Gasteiger partial charge in [0.1, 0.15) is 23.9 Å². The van der Waals surface area contributed by atoms with Gasteiger partial charge in [0.25, 0.3) is 0 Å². The van der Waals surface area contributed by atoms with Gasteiger partial charge in [-0.3, -0.25) is 14.4 Å². The number of nitrogens with one attached hydrogen (secondary N) is 3. The predicted molar refractivity (Wildman–Crippen MR) is 131 cm³/mol. The first-order chi connectivity index (χ1) is 16.5. The summed E-state index contributed by atoms with van der Waals surface area (Å²) < 4.78 is 0. The van der Waals surface area contributed by atoms with Crippen LogP contribution in [-0.4, -0.2) is 64.6 Å². The number of nitrogens with two attached hydrogens (primary N) is 2. The van der Waals surface area contributed by atoms with Crippen LogP contribution in [0.3, 0.4) is 0 Å². The Morgan fingerprint density at radius 1 is 0.914 bits per heavy atom. The molecule has 5 atom stereocenters. The number of amides is 3. The van der Waals surface area contributed by atoms with Crippen molar-refractivity contribution in [3.63, 3.8) is 0 Å². The van der Waals surface area contributed by atoms with E-state index in [2.05, 4.69) is 16.0 Å². The summed E-state index contributed by atoms with van der Waals surface area (Å²) in [5.74, 6) is -3.24. The fraction of sp³-hybridized carbons (Fsp3) is 0.583. The molecule has 0 aromatic heterocycles. The predicted octanol–water partition coefficient (Wildman–Crippen LogP) is -0.00400. The molecule has 1 aromatic rings. The lowest BCUT2D eigenvalue weighted by molar-refractivity contribution is -0.143. The van der Waals surface area contributed by atoms with Crippen LogP contribution in [-0.2, 0) is 25.6 Å². The van der Waals surface area contributed by atoms with Crippen molar-refractivity contribution in [1.29, 1.82) is 0 Å². The van der Waals surface area contributed by atoms with E-state index in [1.165, 1.54) is 19.1 Å². The van der Waals surface area contributed by atoms with Crippen LogP contribution in [0.4, 0.5) is 0 Å². The number of carboxylic acids is 1. The van der Waals surface area contributed by atoms with Gasteiger partial charge in [0.2, 0.25) is 17.7 Å². The number of carbonyl (C=O) groups excluding carboxylic acids is 3. The lowest BCUT2D eigenvalue weighted by atomic mass is 9.98. The molecule has 9 N–H and O–H groups in total. The fourth-order valence-corrected chi connectivity index (χ4v) is 3.35. The number of benzene rings is 1. The molecule has 11 nitrogen and oxygen atoms in total. The molecule has 3 amide bonds. The zero-order valence-electron chi connectivity index (χ0n) is 20.6. The average molecular weight is 494 g/mol. The highest BCUT2D eigenvalue weighted by Gasteiger charge is 2.31. The molecule has 1 rings (SSSR count). The number of hydrogen-bond acceptors (Lipinski definition) is 7. The Bertz CT molecular complexity index is 845. The summed E-state index contributed by atoms with van der Waals surface area (Å²) in [5, 5.41) is 26.9. The first-order valence-corrected chi connectivity index (χ1v) is 11.9. The van der Waals surface area contributed by atoms with Gasteiger partial charge in [0, 0.05) is 6.42 Å². The first-order valence-electron chi connectivity index (χ1n) is 11.9. The third-order valence-corrected chi connectivity index (χ3v) is 5.78. The maximum Gasteiger partial charge on any atom is 0.326 e. The van der Waals surface area contributed by atoms with Gasteiger partial charge >= 0.3 is 5.97 Å². The molecule has 5 unspecified atom stereocenters. The van der Waals surface area contributed by atoms with Crippen molar-refractivity contribution in [2.24, 2.45) is 17.4 Å². The first kappa shape index (κ1) is 29.9. The van der Waals surface area contributed by atoms with Crippen LogP contribution in [0.1, 0.15) is 52.0 Å². The van der Waals surface area contributed by atoms with Gasteiger partial charge in [-0.15, -0.1) is 0 Å². The summed E-state index contributed by atoms with van der Waals surface area (Å²) >= 11 is 0. The Hall–Kier alpha value is -3.18. The molecule has 0 saturated carbocycles. The standard InChI is InChI=1S/C24H39N5O6/c1-4-14(2)20(24(34)35)29-23(33)19(13-16-8-10-17(30)11-9-16)28-22(32)18(7-5-6-12-25)27-21(31)15(3)26/h8-11,14-15,18-20,30H,4-7,12-13,25-26H2,1-3H3,(H,27,31)(H,28,32)(H,29,33)(H,34,35). The van der Waals surface area contributed by atoms with E-state index in [-0.39, 0.29) is 18.1 Å². The van der Waals surface area contributed by atoms with Gasteiger partial charge < -0.3 is 37.6 Å². The number of aliphatic carboxylic acids is 1. The molecule has 0 aliphatic rings. The van der Waals surface area contributed by atoms with E-state index in [1.807, 2.05) is 6.92 Å². The average Bonchev–Trinajstić information content (AvgIpc) is 2.81. The number of carbonyl (C=O) groups is 4. The highest BCUT2D eigenvalue weighted by molar-refractivity contribution is 5.94. The van der Waals surface area contributed by atoms with E-state index < -0.39 is 47.9 Å². The zero-order valence-corrected chi connectivity index (χ0v) is 20.6. The summed E-state index contributed by atoms with van der Waals surface area (Å²) in [4.78, 5) is 50.1. The summed E-state index contributed by atoms with van der Waals surface area (Å²) in [7, 11) is 0. The molecule has 0 saturated heterocycles. The maximum atomic E-state index is 13.1. The van der Waals surface area contributed by atoms with Crippen LogP contribution in [0.15, 0.2) is 24.3 Å². The van der Waals surface area contributed by atoms with Gasteiger partial charge in [-0.25, -0.2) is 4.79 Å². The Labute approximate surface area is 206 Å². The molecule has 0 aliphatic carbocycles. The smallest absolute Gasteiger partial charge is 0.326 e. The summed E-state index contributed by atoms with van der Waals surface area (Å²) in [6, 6.07) is 2.06. The van der Waals surface area contributed by atoms with Crippen molar-refractivity contribution in [3.05, 3.63) is 29.8 Å². The third kappa shape index (κ3) is 10.3.